The van der Waals surface area contributed by atoms with Gasteiger partial charge >= 0.3 is 0 Å². The van der Waals surface area contributed by atoms with Gasteiger partial charge in [0.05, 0.1) is 4.90 Å². The quantitative estimate of drug-likeness (QED) is 0.751. The molecule has 1 aliphatic carbocycles. The van der Waals surface area contributed by atoms with Crippen molar-refractivity contribution in [2.75, 3.05) is 13.1 Å². The van der Waals surface area contributed by atoms with Crippen molar-refractivity contribution in [1.29, 1.82) is 0 Å². The van der Waals surface area contributed by atoms with Gasteiger partial charge in [0.2, 0.25) is 15.9 Å². The lowest BCUT2D eigenvalue weighted by molar-refractivity contribution is -0.122. The second kappa shape index (κ2) is 6.58. The zero-order valence-corrected chi connectivity index (χ0v) is 13.2. The van der Waals surface area contributed by atoms with Crippen LogP contribution in [0.25, 0.3) is 0 Å². The molecule has 1 aliphatic rings. The van der Waals surface area contributed by atoms with E-state index in [9.17, 15) is 13.2 Å². The van der Waals surface area contributed by atoms with Crippen molar-refractivity contribution in [3.8, 4) is 0 Å². The van der Waals surface area contributed by atoms with Crippen LogP contribution in [0.1, 0.15) is 38.2 Å². The van der Waals surface area contributed by atoms with Crippen molar-refractivity contribution in [2.24, 2.45) is 5.92 Å². The summed E-state index contributed by atoms with van der Waals surface area (Å²) in [6, 6.07) is 6.88. The first kappa shape index (κ1) is 16.0. The number of amides is 1. The molecule has 2 rings (SSSR count). The van der Waals surface area contributed by atoms with Crippen LogP contribution in [0.2, 0.25) is 0 Å². The highest BCUT2D eigenvalue weighted by Crippen LogP contribution is 2.28. The molecule has 0 radical (unpaired) electrons. The molecule has 2 N–H and O–H groups in total. The van der Waals surface area contributed by atoms with Gasteiger partial charge in [0.15, 0.2) is 0 Å². The summed E-state index contributed by atoms with van der Waals surface area (Å²) in [4.78, 5) is 11.7. The van der Waals surface area contributed by atoms with Gasteiger partial charge in [0, 0.05) is 19.0 Å². The number of benzene rings is 1. The molecule has 116 valence electrons. The summed E-state index contributed by atoms with van der Waals surface area (Å²) < 4.78 is 26.7. The van der Waals surface area contributed by atoms with Gasteiger partial charge in [-0.1, -0.05) is 26.0 Å². The van der Waals surface area contributed by atoms with Crippen LogP contribution in [0, 0.1) is 5.92 Å². The Hall–Kier alpha value is -1.40. The van der Waals surface area contributed by atoms with Crippen molar-refractivity contribution in [2.45, 2.75) is 37.5 Å². The van der Waals surface area contributed by atoms with Gasteiger partial charge in [-0.2, -0.15) is 0 Å². The SMILES string of the molecule is CC(C)c1ccc(S(=O)(=O)NCCNC(=O)C2CC2)cc1. The third kappa shape index (κ3) is 4.54. The zero-order valence-electron chi connectivity index (χ0n) is 12.4. The van der Waals surface area contributed by atoms with E-state index in [0.717, 1.165) is 18.4 Å². The number of carbonyl (C=O) groups is 1. The molecule has 0 unspecified atom stereocenters. The van der Waals surface area contributed by atoms with Gasteiger partial charge in [-0.05, 0) is 36.5 Å². The van der Waals surface area contributed by atoms with Gasteiger partial charge in [-0.3, -0.25) is 4.79 Å². The Morgan fingerprint density at radius 2 is 1.81 bits per heavy atom. The summed E-state index contributed by atoms with van der Waals surface area (Å²) in [5.41, 5.74) is 1.10. The molecule has 0 bridgehead atoms. The first-order valence-corrected chi connectivity index (χ1v) is 8.76. The normalized spacial score (nSPS) is 15.2. The van der Waals surface area contributed by atoms with Crippen LogP contribution >= 0.6 is 0 Å². The Kier molecular flexibility index (Phi) is 5.00. The molecule has 1 saturated carbocycles. The molecule has 6 heteroatoms. The summed E-state index contributed by atoms with van der Waals surface area (Å²) in [6.45, 7) is 4.64. The van der Waals surface area contributed by atoms with E-state index in [1.165, 1.54) is 0 Å². The van der Waals surface area contributed by atoms with E-state index in [1.54, 1.807) is 12.1 Å². The maximum atomic E-state index is 12.1. The van der Waals surface area contributed by atoms with Crippen LogP contribution in [0.4, 0.5) is 0 Å². The zero-order chi connectivity index (χ0) is 15.5. The summed E-state index contributed by atoms with van der Waals surface area (Å²) in [6.07, 6.45) is 1.89. The van der Waals surface area contributed by atoms with Gasteiger partial charge < -0.3 is 5.32 Å². The molecule has 0 spiro atoms. The van der Waals surface area contributed by atoms with E-state index in [2.05, 4.69) is 23.9 Å². The Labute approximate surface area is 126 Å². The lowest BCUT2D eigenvalue weighted by atomic mass is 10.0. The highest BCUT2D eigenvalue weighted by atomic mass is 32.2. The third-order valence-corrected chi connectivity index (χ3v) is 5.00. The minimum Gasteiger partial charge on any atom is -0.355 e. The van der Waals surface area contributed by atoms with Crippen LogP contribution in [0.3, 0.4) is 0 Å². The minimum atomic E-state index is -3.51. The van der Waals surface area contributed by atoms with Crippen LogP contribution in [0.15, 0.2) is 29.2 Å². The highest BCUT2D eigenvalue weighted by Gasteiger charge is 2.29. The average Bonchev–Trinajstić information content (AvgIpc) is 3.28. The number of rotatable bonds is 7. The Morgan fingerprint density at radius 1 is 1.19 bits per heavy atom. The molecule has 1 amide bonds. The monoisotopic (exact) mass is 310 g/mol. The standard InChI is InChI=1S/C15H22N2O3S/c1-11(2)12-5-7-14(8-6-12)21(19,20)17-10-9-16-15(18)13-3-4-13/h5-8,11,13,17H,3-4,9-10H2,1-2H3,(H,16,18). The van der Waals surface area contributed by atoms with Crippen molar-refractivity contribution >= 4 is 15.9 Å². The smallest absolute Gasteiger partial charge is 0.240 e. The first-order chi connectivity index (χ1) is 9.90. The number of nitrogens with one attached hydrogen (secondary N) is 2. The molecule has 0 saturated heterocycles. The average molecular weight is 310 g/mol. The van der Waals surface area contributed by atoms with E-state index in [0.29, 0.717) is 12.5 Å². The Balaban J connectivity index is 1.84. The molecule has 0 aliphatic heterocycles. The van der Waals surface area contributed by atoms with Crippen molar-refractivity contribution in [3.63, 3.8) is 0 Å². The van der Waals surface area contributed by atoms with Crippen LogP contribution < -0.4 is 10.0 Å². The van der Waals surface area contributed by atoms with Crippen LogP contribution in [0.5, 0.6) is 0 Å². The summed E-state index contributed by atoms with van der Waals surface area (Å²) in [5.74, 6) is 0.535. The van der Waals surface area contributed by atoms with Crippen molar-refractivity contribution < 1.29 is 13.2 Å². The molecule has 1 aromatic carbocycles. The molecule has 0 atom stereocenters. The highest BCUT2D eigenvalue weighted by molar-refractivity contribution is 7.89. The summed E-state index contributed by atoms with van der Waals surface area (Å²) >= 11 is 0. The molecule has 1 aromatic rings. The van der Waals surface area contributed by atoms with E-state index < -0.39 is 10.0 Å². The lowest BCUT2D eigenvalue weighted by Gasteiger charge is -2.09. The topological polar surface area (TPSA) is 75.3 Å². The van der Waals surface area contributed by atoms with Gasteiger partial charge in [0.25, 0.3) is 0 Å². The molecule has 5 nitrogen and oxygen atoms in total. The van der Waals surface area contributed by atoms with Gasteiger partial charge in [-0.25, -0.2) is 13.1 Å². The molecule has 1 fully saturated rings. The van der Waals surface area contributed by atoms with Gasteiger partial charge in [-0.15, -0.1) is 0 Å². The van der Waals surface area contributed by atoms with Crippen molar-refractivity contribution in [1.82, 2.24) is 10.0 Å². The minimum absolute atomic E-state index is 0.0236. The number of carbonyl (C=O) groups excluding carboxylic acids is 1. The second-order valence-corrected chi connectivity index (χ2v) is 7.45. The first-order valence-electron chi connectivity index (χ1n) is 7.27. The molecule has 0 heterocycles. The Morgan fingerprint density at radius 3 is 2.33 bits per heavy atom. The summed E-state index contributed by atoms with van der Waals surface area (Å²) in [5, 5.41) is 2.73. The molecule has 21 heavy (non-hydrogen) atoms. The van der Waals surface area contributed by atoms with Crippen LogP contribution in [-0.2, 0) is 14.8 Å². The largest absolute Gasteiger partial charge is 0.355 e. The van der Waals surface area contributed by atoms with Crippen LogP contribution in [-0.4, -0.2) is 27.4 Å². The molecule has 0 aromatic heterocycles. The Bertz CT molecular complexity index is 590. The van der Waals surface area contributed by atoms with E-state index in [1.807, 2.05) is 12.1 Å². The van der Waals surface area contributed by atoms with E-state index in [4.69, 9.17) is 0 Å². The fourth-order valence-corrected chi connectivity index (χ4v) is 3.01. The maximum absolute atomic E-state index is 12.1. The summed E-state index contributed by atoms with van der Waals surface area (Å²) in [7, 11) is -3.51. The van der Waals surface area contributed by atoms with Crippen molar-refractivity contribution in [3.05, 3.63) is 29.8 Å². The lowest BCUT2D eigenvalue weighted by Crippen LogP contribution is -2.35. The third-order valence-electron chi connectivity index (χ3n) is 3.52. The van der Waals surface area contributed by atoms with E-state index >= 15 is 0 Å². The van der Waals surface area contributed by atoms with E-state index in [-0.39, 0.29) is 23.3 Å². The molecular weight excluding hydrogens is 288 g/mol. The maximum Gasteiger partial charge on any atom is 0.240 e. The molecular formula is C15H22N2O3S. The fourth-order valence-electron chi connectivity index (χ4n) is 1.98. The predicted octanol–water partition coefficient (Wildman–Crippen LogP) is 1.61. The number of hydrogen-bond donors (Lipinski definition) is 2. The number of hydrogen-bond acceptors (Lipinski definition) is 3. The number of sulfonamides is 1. The van der Waals surface area contributed by atoms with Gasteiger partial charge in [0.1, 0.15) is 0 Å². The fraction of sp³-hybridized carbons (Fsp3) is 0.533. The predicted molar refractivity (Wildman–Crippen MR) is 81.5 cm³/mol. The second-order valence-electron chi connectivity index (χ2n) is 5.69.